The molecule has 140 valence electrons. The van der Waals surface area contributed by atoms with E-state index >= 15 is 0 Å². The van der Waals surface area contributed by atoms with E-state index in [1.165, 1.54) is 5.56 Å². The molecule has 0 atom stereocenters. The van der Waals surface area contributed by atoms with Crippen molar-refractivity contribution in [3.05, 3.63) is 83.7 Å². The van der Waals surface area contributed by atoms with Crippen LogP contribution in [0.4, 0.5) is 5.69 Å². The van der Waals surface area contributed by atoms with Crippen LogP contribution >= 0.6 is 0 Å². The van der Waals surface area contributed by atoms with E-state index < -0.39 is 0 Å². The van der Waals surface area contributed by atoms with E-state index in [0.717, 1.165) is 45.5 Å². The maximum absolute atomic E-state index is 9.55. The number of aromatic hydroxyl groups is 1. The number of hydrogen-bond acceptors (Lipinski definition) is 3. The van der Waals surface area contributed by atoms with Gasteiger partial charge in [-0.1, -0.05) is 13.0 Å². The van der Waals surface area contributed by atoms with Crippen molar-refractivity contribution in [1.29, 1.82) is 0 Å². The Morgan fingerprint density at radius 3 is 2.36 bits per heavy atom. The number of hydrogen-bond donors (Lipinski definition) is 2. The fourth-order valence-corrected chi connectivity index (χ4v) is 3.15. The van der Waals surface area contributed by atoms with Crippen molar-refractivity contribution in [2.75, 3.05) is 7.11 Å². The fraction of sp³-hybridized carbons (Fsp3) is 0.125. The standard InChI is InChI=1S/C24H21NO3/c1-3-16-4-13-23-21(14-16)22(25-18-7-9-19(26)10-8-18)15-24(28-23)17-5-11-20(27-2)12-6-17/h4-15,26H,3H2,1-2H3/p+1. The molecule has 0 radical (unpaired) electrons. The van der Waals surface area contributed by atoms with Gasteiger partial charge in [0.15, 0.2) is 0 Å². The van der Waals surface area contributed by atoms with Gasteiger partial charge in [0.05, 0.1) is 18.6 Å². The molecule has 1 heterocycles. The molecule has 0 spiro atoms. The van der Waals surface area contributed by atoms with Crippen LogP contribution in [0.15, 0.2) is 77.2 Å². The molecule has 3 aromatic carbocycles. The van der Waals surface area contributed by atoms with Gasteiger partial charge in [-0.15, -0.1) is 0 Å². The summed E-state index contributed by atoms with van der Waals surface area (Å²) in [7, 11) is 1.65. The predicted molar refractivity (Wildman–Crippen MR) is 109 cm³/mol. The Balaban J connectivity index is 1.94. The van der Waals surface area contributed by atoms with Crippen LogP contribution in [-0.4, -0.2) is 12.2 Å². The van der Waals surface area contributed by atoms with E-state index in [-0.39, 0.29) is 5.75 Å². The Kier molecular flexibility index (Phi) is 4.85. The van der Waals surface area contributed by atoms with E-state index in [9.17, 15) is 5.11 Å². The van der Waals surface area contributed by atoms with Crippen molar-refractivity contribution in [3.8, 4) is 22.8 Å². The molecule has 0 fully saturated rings. The Bertz CT molecular complexity index is 1170. The number of ether oxygens (including phenoxy) is 1. The molecule has 4 rings (SSSR count). The van der Waals surface area contributed by atoms with Crippen LogP contribution in [0.3, 0.4) is 0 Å². The summed E-state index contributed by atoms with van der Waals surface area (Å²) >= 11 is 0. The second-order valence-corrected chi connectivity index (χ2v) is 6.61. The van der Waals surface area contributed by atoms with Crippen LogP contribution in [0, 0.1) is 0 Å². The molecule has 0 aliphatic carbocycles. The van der Waals surface area contributed by atoms with Gasteiger partial charge in [-0.25, -0.2) is 4.99 Å². The number of aryl methyl sites for hydroxylation is 1. The Labute approximate surface area is 163 Å². The van der Waals surface area contributed by atoms with E-state index in [4.69, 9.17) is 9.15 Å². The van der Waals surface area contributed by atoms with Gasteiger partial charge in [-0.2, -0.15) is 0 Å². The quantitative estimate of drug-likeness (QED) is 0.537. The highest BCUT2D eigenvalue weighted by atomic mass is 16.5. The third-order valence-electron chi connectivity index (χ3n) is 4.76. The second kappa shape index (κ2) is 7.61. The molecule has 0 aliphatic heterocycles. The average molecular weight is 372 g/mol. The molecule has 4 aromatic rings. The molecule has 28 heavy (non-hydrogen) atoms. The summed E-state index contributed by atoms with van der Waals surface area (Å²) < 4.78 is 11.4. The van der Waals surface area contributed by atoms with Gasteiger partial charge in [0.25, 0.3) is 0 Å². The molecule has 0 saturated heterocycles. The Hall–Kier alpha value is -3.53. The summed E-state index contributed by atoms with van der Waals surface area (Å²) in [6, 6.07) is 23.1. The normalized spacial score (nSPS) is 11.7. The number of phenolic OH excluding ortho intramolecular Hbond substituents is 1. The summed E-state index contributed by atoms with van der Waals surface area (Å²) in [5, 5.41) is 11.5. The first-order valence-corrected chi connectivity index (χ1v) is 9.26. The molecule has 0 amide bonds. The van der Waals surface area contributed by atoms with Crippen molar-refractivity contribution in [3.63, 3.8) is 0 Å². The third-order valence-corrected chi connectivity index (χ3v) is 4.76. The van der Waals surface area contributed by atoms with Crippen molar-refractivity contribution in [1.82, 2.24) is 0 Å². The van der Waals surface area contributed by atoms with Crippen LogP contribution < -0.4 is 15.1 Å². The van der Waals surface area contributed by atoms with Gasteiger partial charge in [0.1, 0.15) is 22.8 Å². The van der Waals surface area contributed by atoms with Gasteiger partial charge < -0.3 is 14.3 Å². The van der Waals surface area contributed by atoms with E-state index in [1.807, 2.05) is 48.5 Å². The molecule has 4 heteroatoms. The monoisotopic (exact) mass is 372 g/mol. The van der Waals surface area contributed by atoms with Crippen molar-refractivity contribution < 1.29 is 19.3 Å². The van der Waals surface area contributed by atoms with Gasteiger partial charge in [0, 0.05) is 17.7 Å². The smallest absolute Gasteiger partial charge is 0.218 e. The number of fused-ring (bicyclic) bond motifs is 1. The first kappa shape index (κ1) is 17.9. The lowest BCUT2D eigenvalue weighted by Gasteiger charge is -2.06. The van der Waals surface area contributed by atoms with E-state index in [2.05, 4.69) is 24.0 Å². The van der Waals surface area contributed by atoms with Gasteiger partial charge in [0.2, 0.25) is 11.0 Å². The van der Waals surface area contributed by atoms with Gasteiger partial charge in [-0.05, 0) is 60.5 Å². The Morgan fingerprint density at radius 2 is 1.68 bits per heavy atom. The minimum absolute atomic E-state index is 0.241. The second-order valence-electron chi connectivity index (χ2n) is 6.61. The fourth-order valence-electron chi connectivity index (χ4n) is 3.15. The molecule has 0 unspecified atom stereocenters. The van der Waals surface area contributed by atoms with Crippen molar-refractivity contribution in [2.24, 2.45) is 0 Å². The molecular formula is C24H22NO3+. The lowest BCUT2D eigenvalue weighted by atomic mass is 10.1. The topological polar surface area (TPSA) is 56.6 Å². The highest BCUT2D eigenvalue weighted by Crippen LogP contribution is 2.24. The van der Waals surface area contributed by atoms with Crippen molar-refractivity contribution >= 4 is 16.7 Å². The molecule has 0 saturated carbocycles. The Morgan fingerprint density at radius 1 is 0.929 bits per heavy atom. The summed E-state index contributed by atoms with van der Waals surface area (Å²) in [6.45, 7) is 2.14. The highest BCUT2D eigenvalue weighted by molar-refractivity contribution is 5.79. The molecule has 4 nitrogen and oxygen atoms in total. The van der Waals surface area contributed by atoms with E-state index in [0.29, 0.717) is 0 Å². The zero-order valence-corrected chi connectivity index (χ0v) is 15.9. The van der Waals surface area contributed by atoms with Gasteiger partial charge in [-0.3, -0.25) is 0 Å². The zero-order chi connectivity index (χ0) is 19.5. The molecular weight excluding hydrogens is 350 g/mol. The predicted octanol–water partition coefficient (Wildman–Crippen LogP) is 3.69. The SMILES string of the molecule is CCc1ccc2oc(-c3ccc(OC)cc3)cc(=[NH+]c3ccc(O)cc3)c2c1. The lowest BCUT2D eigenvalue weighted by molar-refractivity contribution is -0.400. The molecule has 0 aliphatic rings. The largest absolute Gasteiger partial charge is 0.508 e. The minimum Gasteiger partial charge on any atom is -0.508 e. The molecule has 2 N–H and O–H groups in total. The van der Waals surface area contributed by atoms with Crippen LogP contribution in [0.25, 0.3) is 22.3 Å². The van der Waals surface area contributed by atoms with Crippen LogP contribution in [-0.2, 0) is 6.42 Å². The first-order chi connectivity index (χ1) is 13.7. The number of rotatable bonds is 4. The summed E-state index contributed by atoms with van der Waals surface area (Å²) in [6.07, 6.45) is 0.953. The van der Waals surface area contributed by atoms with Crippen LogP contribution in [0.2, 0.25) is 0 Å². The summed E-state index contributed by atoms with van der Waals surface area (Å²) in [4.78, 5) is 3.46. The van der Waals surface area contributed by atoms with Gasteiger partial charge >= 0.3 is 0 Å². The lowest BCUT2D eigenvalue weighted by Crippen LogP contribution is -2.70. The maximum atomic E-state index is 9.55. The van der Waals surface area contributed by atoms with Crippen LogP contribution in [0.5, 0.6) is 11.5 Å². The average Bonchev–Trinajstić information content (AvgIpc) is 2.75. The zero-order valence-electron chi connectivity index (χ0n) is 15.9. The first-order valence-electron chi connectivity index (χ1n) is 9.26. The third kappa shape index (κ3) is 3.62. The molecule has 0 bridgehead atoms. The maximum Gasteiger partial charge on any atom is 0.218 e. The number of methoxy groups -OCH3 is 1. The number of nitrogens with one attached hydrogen (secondary N) is 1. The van der Waals surface area contributed by atoms with E-state index in [1.54, 1.807) is 19.2 Å². The molecule has 1 aromatic heterocycles. The highest BCUT2D eigenvalue weighted by Gasteiger charge is 2.11. The number of phenols is 1. The summed E-state index contributed by atoms with van der Waals surface area (Å²) in [5.74, 6) is 1.81. The summed E-state index contributed by atoms with van der Waals surface area (Å²) in [5.41, 5.74) is 3.92. The minimum atomic E-state index is 0.241. The van der Waals surface area contributed by atoms with Crippen molar-refractivity contribution in [2.45, 2.75) is 13.3 Å². The van der Waals surface area contributed by atoms with Crippen LogP contribution in [0.1, 0.15) is 12.5 Å². The number of benzene rings is 3.